The van der Waals surface area contributed by atoms with Crippen LogP contribution in [-0.4, -0.2) is 23.2 Å². The summed E-state index contributed by atoms with van der Waals surface area (Å²) in [6.07, 6.45) is -5.78. The molecule has 0 unspecified atom stereocenters. The van der Waals surface area contributed by atoms with Gasteiger partial charge in [0.2, 0.25) is 5.88 Å². The molecule has 3 atom stereocenters. The molecule has 2 aliphatic heterocycles. The SMILES string of the molecule is N#CC1=C(N)O[C@@H]2NN=C(C(F)(F)F)[C@@H]2[C@@H]1c1ccc(O)cc1. The summed E-state index contributed by atoms with van der Waals surface area (Å²) in [6, 6.07) is 7.37. The van der Waals surface area contributed by atoms with Crippen molar-refractivity contribution in [1.82, 2.24) is 5.43 Å². The lowest BCUT2D eigenvalue weighted by molar-refractivity contribution is -0.0661. The number of hydrogen-bond acceptors (Lipinski definition) is 6. The zero-order chi connectivity index (χ0) is 16.8. The number of benzene rings is 1. The molecule has 0 fully saturated rings. The fourth-order valence-electron chi connectivity index (χ4n) is 2.83. The van der Waals surface area contributed by atoms with E-state index in [1.54, 1.807) is 0 Å². The van der Waals surface area contributed by atoms with Crippen molar-refractivity contribution >= 4 is 5.71 Å². The van der Waals surface area contributed by atoms with Gasteiger partial charge >= 0.3 is 6.18 Å². The summed E-state index contributed by atoms with van der Waals surface area (Å²) >= 11 is 0. The highest BCUT2D eigenvalue weighted by Gasteiger charge is 2.55. The number of halogens is 3. The van der Waals surface area contributed by atoms with Gasteiger partial charge in [0.05, 0.1) is 11.5 Å². The van der Waals surface area contributed by atoms with Gasteiger partial charge in [-0.15, -0.1) is 0 Å². The van der Waals surface area contributed by atoms with Crippen molar-refractivity contribution in [3.05, 3.63) is 41.3 Å². The molecule has 3 rings (SSSR count). The summed E-state index contributed by atoms with van der Waals surface area (Å²) in [5.74, 6) is -2.50. The number of nitrogens with one attached hydrogen (secondary N) is 1. The Balaban J connectivity index is 2.13. The van der Waals surface area contributed by atoms with E-state index in [-0.39, 0.29) is 17.2 Å². The van der Waals surface area contributed by atoms with Crippen molar-refractivity contribution in [3.63, 3.8) is 0 Å². The Labute approximate surface area is 128 Å². The number of nitriles is 1. The fraction of sp³-hybridized carbons (Fsp3) is 0.286. The molecule has 0 spiro atoms. The zero-order valence-corrected chi connectivity index (χ0v) is 11.5. The number of alkyl halides is 3. The van der Waals surface area contributed by atoms with Crippen molar-refractivity contribution in [1.29, 1.82) is 5.26 Å². The quantitative estimate of drug-likeness (QED) is 0.729. The molecular weight excluding hydrogens is 313 g/mol. The average Bonchev–Trinajstić information content (AvgIpc) is 2.90. The largest absolute Gasteiger partial charge is 0.508 e. The van der Waals surface area contributed by atoms with Gasteiger partial charge in [-0.05, 0) is 17.7 Å². The molecule has 0 bridgehead atoms. The minimum absolute atomic E-state index is 0.0397. The van der Waals surface area contributed by atoms with E-state index in [0.717, 1.165) is 0 Å². The molecule has 0 saturated heterocycles. The molecule has 9 heteroatoms. The predicted molar refractivity (Wildman–Crippen MR) is 72.7 cm³/mol. The van der Waals surface area contributed by atoms with Gasteiger partial charge in [0.25, 0.3) is 0 Å². The number of aromatic hydroxyl groups is 1. The summed E-state index contributed by atoms with van der Waals surface area (Å²) in [5.41, 5.74) is 7.19. The number of nitrogens with two attached hydrogens (primary N) is 1. The first-order valence-electron chi connectivity index (χ1n) is 6.58. The van der Waals surface area contributed by atoms with Crippen LogP contribution in [0.2, 0.25) is 0 Å². The predicted octanol–water partition coefficient (Wildman–Crippen LogP) is 1.66. The number of rotatable bonds is 1. The van der Waals surface area contributed by atoms with Gasteiger partial charge in [0.15, 0.2) is 11.9 Å². The molecule has 4 N–H and O–H groups in total. The van der Waals surface area contributed by atoms with E-state index in [4.69, 9.17) is 10.5 Å². The van der Waals surface area contributed by atoms with Crippen LogP contribution in [0, 0.1) is 17.2 Å². The van der Waals surface area contributed by atoms with Crippen LogP contribution in [0.1, 0.15) is 11.5 Å². The lowest BCUT2D eigenvalue weighted by Crippen LogP contribution is -2.45. The number of nitrogens with zero attached hydrogens (tertiary/aromatic N) is 2. The van der Waals surface area contributed by atoms with Crippen LogP contribution < -0.4 is 11.2 Å². The van der Waals surface area contributed by atoms with Crippen LogP contribution in [0.15, 0.2) is 40.8 Å². The van der Waals surface area contributed by atoms with E-state index in [1.165, 1.54) is 24.3 Å². The third kappa shape index (κ3) is 2.42. The van der Waals surface area contributed by atoms with Crippen molar-refractivity contribution < 1.29 is 23.0 Å². The number of hydrazone groups is 1. The normalized spacial score (nSPS) is 26.7. The van der Waals surface area contributed by atoms with E-state index in [1.807, 2.05) is 6.07 Å². The van der Waals surface area contributed by atoms with Crippen LogP contribution in [0.25, 0.3) is 0 Å². The molecule has 0 amide bonds. The van der Waals surface area contributed by atoms with Crippen molar-refractivity contribution in [3.8, 4) is 11.8 Å². The molecule has 0 radical (unpaired) electrons. The molecule has 1 aromatic carbocycles. The van der Waals surface area contributed by atoms with E-state index >= 15 is 0 Å². The molecule has 6 nitrogen and oxygen atoms in total. The Hall–Kier alpha value is -2.89. The Morgan fingerprint density at radius 3 is 2.52 bits per heavy atom. The number of phenolic OH excluding ortho intramolecular Hbond substituents is 1. The van der Waals surface area contributed by atoms with Crippen molar-refractivity contribution in [2.75, 3.05) is 0 Å². The van der Waals surface area contributed by atoms with E-state index in [2.05, 4.69) is 10.5 Å². The summed E-state index contributed by atoms with van der Waals surface area (Å²) < 4.78 is 44.8. The van der Waals surface area contributed by atoms with Crippen molar-refractivity contribution in [2.24, 2.45) is 16.8 Å². The first-order chi connectivity index (χ1) is 10.8. The monoisotopic (exact) mass is 324 g/mol. The molecule has 2 aliphatic rings. The maximum absolute atomic E-state index is 13.2. The molecule has 23 heavy (non-hydrogen) atoms. The van der Waals surface area contributed by atoms with Gasteiger partial charge in [0, 0.05) is 5.92 Å². The average molecular weight is 324 g/mol. The number of ether oxygens (including phenoxy) is 1. The van der Waals surface area contributed by atoms with Crippen LogP contribution >= 0.6 is 0 Å². The van der Waals surface area contributed by atoms with Crippen molar-refractivity contribution in [2.45, 2.75) is 18.3 Å². The number of hydrogen-bond donors (Lipinski definition) is 3. The minimum atomic E-state index is -4.67. The number of allylic oxidation sites excluding steroid dienone is 1. The summed E-state index contributed by atoms with van der Waals surface area (Å²) in [7, 11) is 0. The van der Waals surface area contributed by atoms with Gasteiger partial charge < -0.3 is 15.6 Å². The van der Waals surface area contributed by atoms with E-state index < -0.39 is 30.0 Å². The maximum atomic E-state index is 13.2. The highest BCUT2D eigenvalue weighted by molar-refractivity contribution is 5.94. The smallest absolute Gasteiger partial charge is 0.431 e. The lowest BCUT2D eigenvalue weighted by Gasteiger charge is -2.34. The standard InChI is InChI=1S/C14H11F3N4O2/c15-14(16,17)11-10-9(6-1-3-7(22)4-2-6)8(5-18)12(19)23-13(10)21-20-11/h1-4,9-10,13,21-22H,19H2/t9-,10+,13+/m1/s1. The Kier molecular flexibility index (Phi) is 3.32. The minimum Gasteiger partial charge on any atom is -0.508 e. The van der Waals surface area contributed by atoms with E-state index in [0.29, 0.717) is 5.56 Å². The highest BCUT2D eigenvalue weighted by Crippen LogP contribution is 2.45. The maximum Gasteiger partial charge on any atom is 0.431 e. The zero-order valence-electron chi connectivity index (χ0n) is 11.5. The third-order valence-electron chi connectivity index (χ3n) is 3.81. The second kappa shape index (κ2) is 5.08. The topological polar surface area (TPSA) is 104 Å². The van der Waals surface area contributed by atoms with Gasteiger partial charge in [-0.3, -0.25) is 5.43 Å². The van der Waals surface area contributed by atoms with E-state index in [9.17, 15) is 23.5 Å². The Morgan fingerprint density at radius 1 is 1.30 bits per heavy atom. The van der Waals surface area contributed by atoms with Crippen LogP contribution in [0.4, 0.5) is 13.2 Å². The van der Waals surface area contributed by atoms with Gasteiger partial charge in [0.1, 0.15) is 11.8 Å². The first kappa shape index (κ1) is 15.0. The summed E-state index contributed by atoms with van der Waals surface area (Å²) in [6.45, 7) is 0. The molecule has 120 valence electrons. The molecule has 0 aliphatic carbocycles. The second-order valence-corrected chi connectivity index (χ2v) is 5.15. The second-order valence-electron chi connectivity index (χ2n) is 5.15. The molecule has 2 heterocycles. The van der Waals surface area contributed by atoms with Gasteiger partial charge in [-0.2, -0.15) is 23.5 Å². The molecule has 1 aromatic rings. The number of fused-ring (bicyclic) bond motifs is 1. The fourth-order valence-corrected chi connectivity index (χ4v) is 2.83. The summed E-state index contributed by atoms with van der Waals surface area (Å²) in [5, 5.41) is 22.0. The van der Waals surface area contributed by atoms with Crippen LogP contribution in [-0.2, 0) is 4.74 Å². The molecular formula is C14H11F3N4O2. The molecule has 0 saturated carbocycles. The highest BCUT2D eigenvalue weighted by atomic mass is 19.4. The molecule has 0 aromatic heterocycles. The lowest BCUT2D eigenvalue weighted by atomic mass is 9.76. The first-order valence-corrected chi connectivity index (χ1v) is 6.58. The van der Waals surface area contributed by atoms with Gasteiger partial charge in [-0.1, -0.05) is 12.1 Å². The Bertz CT molecular complexity index is 734. The van der Waals surface area contributed by atoms with Gasteiger partial charge in [-0.25, -0.2) is 0 Å². The summed E-state index contributed by atoms with van der Waals surface area (Å²) in [4.78, 5) is 0. The van der Waals surface area contributed by atoms with Crippen LogP contribution in [0.3, 0.4) is 0 Å². The van der Waals surface area contributed by atoms with Crippen LogP contribution in [0.5, 0.6) is 5.75 Å². The number of phenols is 1. The Morgan fingerprint density at radius 2 is 1.96 bits per heavy atom. The third-order valence-corrected chi connectivity index (χ3v) is 3.81.